The van der Waals surface area contributed by atoms with E-state index < -0.39 is 5.41 Å². The Hall–Kier alpha value is -2.04. The minimum atomic E-state index is -0.399. The number of ether oxygens (including phenoxy) is 1. The molecule has 1 aromatic rings. The van der Waals surface area contributed by atoms with Crippen molar-refractivity contribution < 1.29 is 14.3 Å². The number of aryl methyl sites for hydroxylation is 1. The molecule has 2 rings (SSSR count). The van der Waals surface area contributed by atoms with Crippen LogP contribution in [0.4, 0.5) is 0 Å². The Morgan fingerprint density at radius 3 is 2.52 bits per heavy atom. The Kier molecular flexibility index (Phi) is 7.28. The number of nitrogens with zero attached hydrogens (tertiary/aromatic N) is 1. The second kappa shape index (κ2) is 9.25. The zero-order valence-electron chi connectivity index (χ0n) is 17.4. The average Bonchev–Trinajstić information content (AvgIpc) is 2.65. The molecule has 150 valence electrons. The molecule has 0 aromatic heterocycles. The van der Waals surface area contributed by atoms with Crippen LogP contribution in [0.2, 0.25) is 0 Å². The van der Waals surface area contributed by atoms with Crippen molar-refractivity contribution in [1.29, 1.82) is 0 Å². The third-order valence-electron chi connectivity index (χ3n) is 5.13. The van der Waals surface area contributed by atoms with Gasteiger partial charge in [0, 0.05) is 24.5 Å². The van der Waals surface area contributed by atoms with Gasteiger partial charge in [0.2, 0.25) is 11.8 Å². The van der Waals surface area contributed by atoms with Gasteiger partial charge in [-0.15, -0.1) is 0 Å². The van der Waals surface area contributed by atoms with Crippen LogP contribution < -0.4 is 10.1 Å². The van der Waals surface area contributed by atoms with Gasteiger partial charge in [0.05, 0.1) is 13.0 Å². The number of carbonyl (C=O) groups is 2. The number of likely N-dealkylation sites (tertiary alicyclic amines) is 1. The fraction of sp³-hybridized carbons (Fsp3) is 0.636. The van der Waals surface area contributed by atoms with Crippen molar-refractivity contribution in [1.82, 2.24) is 10.2 Å². The molecule has 5 nitrogen and oxygen atoms in total. The van der Waals surface area contributed by atoms with Gasteiger partial charge >= 0.3 is 0 Å². The van der Waals surface area contributed by atoms with Crippen molar-refractivity contribution in [2.75, 3.05) is 20.2 Å². The van der Waals surface area contributed by atoms with Gasteiger partial charge in [-0.2, -0.15) is 0 Å². The van der Waals surface area contributed by atoms with E-state index in [1.165, 1.54) is 5.56 Å². The number of nitrogens with one attached hydrogen (secondary N) is 1. The Bertz CT molecular complexity index is 634. The van der Waals surface area contributed by atoms with Gasteiger partial charge in [-0.25, -0.2) is 0 Å². The predicted molar refractivity (Wildman–Crippen MR) is 108 cm³/mol. The number of hydrogen-bond acceptors (Lipinski definition) is 3. The molecule has 1 N–H and O–H groups in total. The van der Waals surface area contributed by atoms with Crippen LogP contribution in [0.25, 0.3) is 0 Å². The Morgan fingerprint density at radius 1 is 1.26 bits per heavy atom. The largest absolute Gasteiger partial charge is 0.497 e. The maximum absolute atomic E-state index is 12.7. The summed E-state index contributed by atoms with van der Waals surface area (Å²) >= 11 is 0. The fourth-order valence-electron chi connectivity index (χ4n) is 3.46. The van der Waals surface area contributed by atoms with E-state index in [2.05, 4.69) is 17.4 Å². The average molecular weight is 375 g/mol. The van der Waals surface area contributed by atoms with Gasteiger partial charge in [0.1, 0.15) is 5.75 Å². The van der Waals surface area contributed by atoms with Gasteiger partial charge in [-0.1, -0.05) is 32.9 Å². The van der Waals surface area contributed by atoms with E-state index in [4.69, 9.17) is 4.74 Å². The molecular weight excluding hydrogens is 340 g/mol. The van der Waals surface area contributed by atoms with Crippen LogP contribution in [0.5, 0.6) is 5.75 Å². The molecule has 0 aliphatic carbocycles. The van der Waals surface area contributed by atoms with Crippen molar-refractivity contribution in [3.8, 4) is 5.75 Å². The zero-order chi connectivity index (χ0) is 20.0. The highest BCUT2D eigenvalue weighted by molar-refractivity contribution is 5.84. The summed E-state index contributed by atoms with van der Waals surface area (Å²) in [6.07, 6.45) is 3.53. The van der Waals surface area contributed by atoms with E-state index >= 15 is 0 Å². The molecule has 0 radical (unpaired) electrons. The quantitative estimate of drug-likeness (QED) is 0.830. The minimum Gasteiger partial charge on any atom is -0.497 e. The monoisotopic (exact) mass is 374 g/mol. The molecule has 0 saturated carbocycles. The van der Waals surface area contributed by atoms with Crippen molar-refractivity contribution in [2.45, 2.75) is 59.4 Å². The summed E-state index contributed by atoms with van der Waals surface area (Å²) in [5.74, 6) is 0.955. The molecule has 1 saturated heterocycles. The lowest BCUT2D eigenvalue weighted by Gasteiger charge is -2.36. The first-order chi connectivity index (χ1) is 12.7. The molecule has 1 fully saturated rings. The third kappa shape index (κ3) is 6.26. The molecule has 2 unspecified atom stereocenters. The highest BCUT2D eigenvalue weighted by Gasteiger charge is 2.33. The molecule has 2 atom stereocenters. The summed E-state index contributed by atoms with van der Waals surface area (Å²) in [4.78, 5) is 27.0. The number of benzene rings is 1. The van der Waals surface area contributed by atoms with Crippen LogP contribution >= 0.6 is 0 Å². The van der Waals surface area contributed by atoms with Crippen LogP contribution in [-0.2, 0) is 16.0 Å². The predicted octanol–water partition coefficient (Wildman–Crippen LogP) is 3.42. The van der Waals surface area contributed by atoms with Gasteiger partial charge in [0.15, 0.2) is 0 Å². The molecule has 1 aliphatic rings. The van der Waals surface area contributed by atoms with Crippen LogP contribution in [0.15, 0.2) is 24.3 Å². The summed E-state index contributed by atoms with van der Waals surface area (Å²) in [5, 5.41) is 3.14. The van der Waals surface area contributed by atoms with E-state index in [-0.39, 0.29) is 23.8 Å². The number of amides is 2. The Balaban J connectivity index is 1.81. The van der Waals surface area contributed by atoms with Gasteiger partial charge in [-0.05, 0) is 50.3 Å². The summed E-state index contributed by atoms with van der Waals surface area (Å²) in [6.45, 7) is 9.13. The Morgan fingerprint density at radius 2 is 1.93 bits per heavy atom. The van der Waals surface area contributed by atoms with Gasteiger partial charge in [0.25, 0.3) is 0 Å². The van der Waals surface area contributed by atoms with Crippen LogP contribution in [0.1, 0.15) is 52.5 Å². The molecule has 27 heavy (non-hydrogen) atoms. The number of methoxy groups -OCH3 is 1. The first-order valence-corrected chi connectivity index (χ1v) is 9.93. The second-order valence-corrected chi connectivity index (χ2v) is 8.64. The first kappa shape index (κ1) is 21.3. The number of hydrogen-bond donors (Lipinski definition) is 1. The summed E-state index contributed by atoms with van der Waals surface area (Å²) in [6, 6.07) is 8.14. The van der Waals surface area contributed by atoms with Crippen LogP contribution in [-0.4, -0.2) is 43.0 Å². The van der Waals surface area contributed by atoms with E-state index in [9.17, 15) is 9.59 Å². The zero-order valence-corrected chi connectivity index (χ0v) is 17.4. The molecule has 2 amide bonds. The minimum absolute atomic E-state index is 0.0728. The maximum atomic E-state index is 12.7. The third-order valence-corrected chi connectivity index (χ3v) is 5.13. The number of carbonyl (C=O) groups excluding carboxylic acids is 2. The maximum Gasteiger partial charge on any atom is 0.227 e. The molecule has 5 heteroatoms. The lowest BCUT2D eigenvalue weighted by Crippen LogP contribution is -2.49. The molecule has 1 aliphatic heterocycles. The van der Waals surface area contributed by atoms with Crippen molar-refractivity contribution in [3.05, 3.63) is 29.8 Å². The highest BCUT2D eigenvalue weighted by atomic mass is 16.5. The van der Waals surface area contributed by atoms with Gasteiger partial charge in [-0.3, -0.25) is 9.59 Å². The number of piperidine rings is 1. The standard InChI is InChI=1S/C22H34N2O3/c1-16(8-9-17-10-12-19(27-5)13-11-17)23-20(25)18-7-6-14-24(15-18)21(26)22(2,3)4/h10-13,16,18H,6-9,14-15H2,1-5H3,(H,23,25). The normalized spacial score (nSPS) is 18.7. The topological polar surface area (TPSA) is 58.6 Å². The second-order valence-electron chi connectivity index (χ2n) is 8.64. The molecule has 0 spiro atoms. The Labute approximate surface area is 163 Å². The molecule has 0 bridgehead atoms. The lowest BCUT2D eigenvalue weighted by atomic mass is 9.90. The van der Waals surface area contributed by atoms with E-state index in [0.29, 0.717) is 6.54 Å². The van der Waals surface area contributed by atoms with Gasteiger partial charge < -0.3 is 15.0 Å². The van der Waals surface area contributed by atoms with Crippen LogP contribution in [0, 0.1) is 11.3 Å². The van der Waals surface area contributed by atoms with Crippen molar-refractivity contribution in [3.63, 3.8) is 0 Å². The summed E-state index contributed by atoms with van der Waals surface area (Å²) < 4.78 is 5.18. The highest BCUT2D eigenvalue weighted by Crippen LogP contribution is 2.24. The lowest BCUT2D eigenvalue weighted by molar-refractivity contribution is -0.142. The SMILES string of the molecule is COc1ccc(CCC(C)NC(=O)C2CCCN(C(=O)C(C)(C)C)C2)cc1. The first-order valence-electron chi connectivity index (χ1n) is 9.93. The molecule has 1 heterocycles. The smallest absolute Gasteiger partial charge is 0.227 e. The molecule has 1 aromatic carbocycles. The summed E-state index contributed by atoms with van der Waals surface area (Å²) in [5.41, 5.74) is 0.834. The van der Waals surface area contributed by atoms with E-state index in [0.717, 1.165) is 38.0 Å². The molecular formula is C22H34N2O3. The summed E-state index contributed by atoms with van der Waals surface area (Å²) in [7, 11) is 1.66. The number of rotatable bonds is 6. The van der Waals surface area contributed by atoms with E-state index in [1.807, 2.05) is 44.7 Å². The van der Waals surface area contributed by atoms with Crippen molar-refractivity contribution >= 4 is 11.8 Å². The fourth-order valence-corrected chi connectivity index (χ4v) is 3.46. The van der Waals surface area contributed by atoms with Crippen LogP contribution in [0.3, 0.4) is 0 Å². The van der Waals surface area contributed by atoms with Crippen molar-refractivity contribution in [2.24, 2.45) is 11.3 Å². The van der Waals surface area contributed by atoms with E-state index in [1.54, 1.807) is 7.11 Å².